The van der Waals surface area contributed by atoms with Crippen LogP contribution in [0.3, 0.4) is 0 Å². The number of carboxylic acids is 1. The zero-order valence-corrected chi connectivity index (χ0v) is 14.2. The number of carboxylic acid groups (broad SMARTS) is 1. The van der Waals surface area contributed by atoms with Crippen LogP contribution in [0.4, 0.5) is 0 Å². The fraction of sp³-hybridized carbons (Fsp3) is 0.200. The van der Waals surface area contributed by atoms with Crippen LogP contribution in [0.1, 0.15) is 36.6 Å². The van der Waals surface area contributed by atoms with E-state index in [9.17, 15) is 9.59 Å². The summed E-state index contributed by atoms with van der Waals surface area (Å²) in [5.41, 5.74) is 2.53. The van der Waals surface area contributed by atoms with Gasteiger partial charge in [-0.05, 0) is 47.9 Å². The molecule has 2 rings (SSSR count). The molecule has 0 bridgehead atoms. The second kappa shape index (κ2) is 8.68. The lowest BCUT2D eigenvalue weighted by atomic mass is 9.96. The highest BCUT2D eigenvalue weighted by atomic mass is 16.5. The third-order valence-electron chi connectivity index (χ3n) is 3.53. The van der Waals surface area contributed by atoms with E-state index in [0.717, 1.165) is 28.5 Å². The van der Waals surface area contributed by atoms with E-state index in [4.69, 9.17) is 9.84 Å². The van der Waals surface area contributed by atoms with E-state index in [-0.39, 0.29) is 11.9 Å². The van der Waals surface area contributed by atoms with Gasteiger partial charge in [0.2, 0.25) is 5.91 Å². The summed E-state index contributed by atoms with van der Waals surface area (Å²) >= 11 is 0. The largest absolute Gasteiger partial charge is 0.494 e. The first-order valence-corrected chi connectivity index (χ1v) is 8.00. The average Bonchev–Trinajstić information content (AvgIpc) is 2.59. The minimum Gasteiger partial charge on any atom is -0.494 e. The molecule has 0 heterocycles. The molecule has 0 radical (unpaired) electrons. The Kier molecular flexibility index (Phi) is 6.34. The number of hydrogen-bond donors (Lipinski definition) is 2. The summed E-state index contributed by atoms with van der Waals surface area (Å²) in [4.78, 5) is 22.3. The Hall–Kier alpha value is -3.08. The van der Waals surface area contributed by atoms with Crippen molar-refractivity contribution in [1.82, 2.24) is 5.32 Å². The molecule has 0 saturated heterocycles. The number of aliphatic carboxylic acids is 1. The van der Waals surface area contributed by atoms with Gasteiger partial charge < -0.3 is 15.2 Å². The molecule has 2 aromatic rings. The summed E-state index contributed by atoms with van der Waals surface area (Å²) in [7, 11) is 0. The van der Waals surface area contributed by atoms with Crippen LogP contribution in [-0.4, -0.2) is 23.6 Å². The van der Waals surface area contributed by atoms with Crippen molar-refractivity contribution >= 4 is 18.0 Å². The van der Waals surface area contributed by atoms with Crippen molar-refractivity contribution < 1.29 is 19.4 Å². The summed E-state index contributed by atoms with van der Waals surface area (Å²) in [6, 6.07) is 14.6. The molecule has 5 nitrogen and oxygen atoms in total. The normalized spacial score (nSPS) is 11.9. The molecule has 25 heavy (non-hydrogen) atoms. The minimum atomic E-state index is -1.00. The van der Waals surface area contributed by atoms with E-state index >= 15 is 0 Å². The van der Waals surface area contributed by atoms with Gasteiger partial charge in [-0.2, -0.15) is 0 Å². The van der Waals surface area contributed by atoms with Gasteiger partial charge in [0.15, 0.2) is 0 Å². The smallest absolute Gasteiger partial charge is 0.328 e. The number of carbonyl (C=O) groups excluding carboxylic acids is 1. The fourth-order valence-electron chi connectivity index (χ4n) is 2.50. The molecule has 1 atom stereocenters. The van der Waals surface area contributed by atoms with Gasteiger partial charge in [-0.3, -0.25) is 4.79 Å². The van der Waals surface area contributed by atoms with Crippen LogP contribution < -0.4 is 10.1 Å². The van der Waals surface area contributed by atoms with E-state index in [2.05, 4.69) is 5.32 Å². The maximum Gasteiger partial charge on any atom is 0.328 e. The predicted octanol–water partition coefficient (Wildman–Crippen LogP) is 3.41. The molecule has 2 N–H and O–H groups in total. The highest BCUT2D eigenvalue weighted by Crippen LogP contribution is 2.25. The SMILES string of the molecule is CCOc1ccc(C(NC(C)=O)c2cccc(/C=C/C(=O)O)c2)cc1. The molecule has 130 valence electrons. The number of ether oxygens (including phenoxy) is 1. The topological polar surface area (TPSA) is 75.6 Å². The molecular weight excluding hydrogens is 318 g/mol. The summed E-state index contributed by atoms with van der Waals surface area (Å²) in [5.74, 6) is -0.383. The van der Waals surface area contributed by atoms with Crippen LogP contribution >= 0.6 is 0 Å². The molecule has 0 aliphatic rings. The number of carbonyl (C=O) groups is 2. The third kappa shape index (κ3) is 5.49. The van der Waals surface area contributed by atoms with E-state index in [1.54, 1.807) is 0 Å². The van der Waals surface area contributed by atoms with Gasteiger partial charge in [-0.1, -0.05) is 30.3 Å². The van der Waals surface area contributed by atoms with Gasteiger partial charge in [0.05, 0.1) is 12.6 Å². The number of rotatable bonds is 7. The molecule has 0 aliphatic heterocycles. The zero-order valence-electron chi connectivity index (χ0n) is 14.2. The molecular formula is C20H21NO4. The van der Waals surface area contributed by atoms with E-state index < -0.39 is 5.97 Å². The quantitative estimate of drug-likeness (QED) is 0.758. The van der Waals surface area contributed by atoms with Crippen LogP contribution in [0.25, 0.3) is 6.08 Å². The van der Waals surface area contributed by atoms with E-state index in [0.29, 0.717) is 6.61 Å². The lowest BCUT2D eigenvalue weighted by Crippen LogP contribution is -2.26. The first-order valence-electron chi connectivity index (χ1n) is 8.00. The molecule has 0 spiro atoms. The van der Waals surface area contributed by atoms with Crippen molar-refractivity contribution in [2.45, 2.75) is 19.9 Å². The van der Waals surface area contributed by atoms with Crippen molar-refractivity contribution in [3.8, 4) is 5.75 Å². The minimum absolute atomic E-state index is 0.148. The number of nitrogens with one attached hydrogen (secondary N) is 1. The maximum absolute atomic E-state index is 11.6. The molecule has 0 aliphatic carbocycles. The molecule has 0 fully saturated rings. The first kappa shape index (κ1) is 18.3. The Morgan fingerprint density at radius 1 is 1.16 bits per heavy atom. The van der Waals surface area contributed by atoms with Gasteiger partial charge in [0.1, 0.15) is 5.75 Å². The summed E-state index contributed by atoms with van der Waals surface area (Å²) in [5, 5.41) is 11.7. The van der Waals surface area contributed by atoms with Gasteiger partial charge in [-0.15, -0.1) is 0 Å². The highest BCUT2D eigenvalue weighted by molar-refractivity contribution is 5.85. The standard InChI is InChI=1S/C20H21NO4/c1-3-25-18-10-8-16(9-11-18)20(21-14(2)22)17-6-4-5-15(13-17)7-12-19(23)24/h4-13,20H,3H2,1-2H3,(H,21,22)(H,23,24)/b12-7+. The van der Waals surface area contributed by atoms with Gasteiger partial charge >= 0.3 is 5.97 Å². The van der Waals surface area contributed by atoms with Crippen molar-refractivity contribution in [2.24, 2.45) is 0 Å². The van der Waals surface area contributed by atoms with E-state index in [1.807, 2.05) is 55.5 Å². The van der Waals surface area contributed by atoms with Crippen LogP contribution in [-0.2, 0) is 9.59 Å². The van der Waals surface area contributed by atoms with Gasteiger partial charge in [0.25, 0.3) is 0 Å². The molecule has 1 unspecified atom stereocenters. The summed E-state index contributed by atoms with van der Waals surface area (Å²) < 4.78 is 5.45. The third-order valence-corrected chi connectivity index (χ3v) is 3.53. The van der Waals surface area contributed by atoms with Gasteiger partial charge in [-0.25, -0.2) is 4.79 Å². The lowest BCUT2D eigenvalue weighted by Gasteiger charge is -2.20. The number of amides is 1. The maximum atomic E-state index is 11.6. The van der Waals surface area contributed by atoms with Crippen LogP contribution in [0, 0.1) is 0 Å². The highest BCUT2D eigenvalue weighted by Gasteiger charge is 2.15. The Bertz CT molecular complexity index is 766. The number of benzene rings is 2. The Labute approximate surface area is 146 Å². The molecule has 1 amide bonds. The second-order valence-electron chi connectivity index (χ2n) is 5.48. The van der Waals surface area contributed by atoms with Crippen molar-refractivity contribution in [1.29, 1.82) is 0 Å². The monoisotopic (exact) mass is 339 g/mol. The predicted molar refractivity (Wildman–Crippen MR) is 96.4 cm³/mol. The Morgan fingerprint density at radius 3 is 2.48 bits per heavy atom. The molecule has 5 heteroatoms. The van der Waals surface area contributed by atoms with Crippen molar-refractivity contribution in [3.05, 3.63) is 71.3 Å². The lowest BCUT2D eigenvalue weighted by molar-refractivity contribution is -0.131. The summed E-state index contributed by atoms with van der Waals surface area (Å²) in [6.07, 6.45) is 2.61. The molecule has 2 aromatic carbocycles. The Balaban J connectivity index is 2.35. The zero-order chi connectivity index (χ0) is 18.2. The first-order chi connectivity index (χ1) is 12.0. The average molecular weight is 339 g/mol. The number of hydrogen-bond acceptors (Lipinski definition) is 3. The van der Waals surface area contributed by atoms with Crippen LogP contribution in [0.5, 0.6) is 5.75 Å². The van der Waals surface area contributed by atoms with Crippen molar-refractivity contribution in [3.63, 3.8) is 0 Å². The molecule has 0 saturated carbocycles. The fourth-order valence-corrected chi connectivity index (χ4v) is 2.50. The Morgan fingerprint density at radius 2 is 1.88 bits per heavy atom. The summed E-state index contributed by atoms with van der Waals surface area (Å²) in [6.45, 7) is 3.98. The van der Waals surface area contributed by atoms with Crippen LogP contribution in [0.2, 0.25) is 0 Å². The second-order valence-corrected chi connectivity index (χ2v) is 5.48. The van der Waals surface area contributed by atoms with E-state index in [1.165, 1.54) is 13.0 Å². The van der Waals surface area contributed by atoms with Crippen molar-refractivity contribution in [2.75, 3.05) is 6.61 Å². The molecule has 0 aromatic heterocycles. The van der Waals surface area contributed by atoms with Gasteiger partial charge in [0, 0.05) is 13.0 Å². The van der Waals surface area contributed by atoms with Crippen LogP contribution in [0.15, 0.2) is 54.6 Å².